The lowest BCUT2D eigenvalue weighted by Gasteiger charge is -2.34. The Morgan fingerprint density at radius 3 is 2.79 bits per heavy atom. The zero-order chi connectivity index (χ0) is 13.7. The van der Waals surface area contributed by atoms with Crippen molar-refractivity contribution in [3.8, 4) is 0 Å². The van der Waals surface area contributed by atoms with E-state index < -0.39 is 5.41 Å². The molecule has 3 N–H and O–H groups in total. The summed E-state index contributed by atoms with van der Waals surface area (Å²) in [7, 11) is 0. The molecule has 4 nitrogen and oxygen atoms in total. The zero-order valence-electron chi connectivity index (χ0n) is 10.9. The van der Waals surface area contributed by atoms with Crippen LogP contribution in [0.5, 0.6) is 0 Å². The molecule has 0 radical (unpaired) electrons. The summed E-state index contributed by atoms with van der Waals surface area (Å²) in [4.78, 5) is 16.9. The molecule has 0 saturated heterocycles. The normalized spacial score (nSPS) is 17.9. The van der Waals surface area contributed by atoms with E-state index in [9.17, 15) is 4.79 Å². The van der Waals surface area contributed by atoms with Gasteiger partial charge in [-0.15, -0.1) is 11.3 Å². The molecule has 0 atom stereocenters. The largest absolute Gasteiger partial charge is 0.392 e. The molecule has 1 amide bonds. The van der Waals surface area contributed by atoms with Crippen LogP contribution in [0, 0.1) is 5.41 Å². The van der Waals surface area contributed by atoms with Gasteiger partial charge in [0.05, 0.1) is 21.6 Å². The highest BCUT2D eigenvalue weighted by molar-refractivity contribution is 7.80. The Kier molecular flexibility index (Phi) is 4.87. The number of carbonyl (C=O) groups is 1. The summed E-state index contributed by atoms with van der Waals surface area (Å²) in [5.41, 5.74) is 8.03. The first-order valence-corrected chi connectivity index (χ1v) is 7.95. The van der Waals surface area contributed by atoms with Crippen molar-refractivity contribution in [3.05, 3.63) is 16.6 Å². The quantitative estimate of drug-likeness (QED) is 0.816. The predicted molar refractivity (Wildman–Crippen MR) is 81.1 cm³/mol. The van der Waals surface area contributed by atoms with E-state index in [-0.39, 0.29) is 5.91 Å². The van der Waals surface area contributed by atoms with Crippen molar-refractivity contribution in [3.63, 3.8) is 0 Å². The van der Waals surface area contributed by atoms with Gasteiger partial charge < -0.3 is 11.1 Å². The maximum Gasteiger partial charge on any atom is 0.233 e. The van der Waals surface area contributed by atoms with E-state index >= 15 is 0 Å². The molecule has 1 aromatic heterocycles. The molecule has 0 spiro atoms. The van der Waals surface area contributed by atoms with Crippen molar-refractivity contribution in [2.45, 2.75) is 38.5 Å². The fourth-order valence-corrected chi connectivity index (χ4v) is 3.46. The molecule has 1 aliphatic rings. The molecule has 0 aliphatic heterocycles. The van der Waals surface area contributed by atoms with Crippen molar-refractivity contribution < 1.29 is 4.79 Å². The van der Waals surface area contributed by atoms with E-state index in [4.69, 9.17) is 18.0 Å². The topological polar surface area (TPSA) is 68.0 Å². The Hall–Kier alpha value is -1.01. The number of rotatable bonds is 5. The van der Waals surface area contributed by atoms with Crippen LogP contribution in [0.3, 0.4) is 0 Å². The number of carbonyl (C=O) groups excluding carboxylic acids is 1. The third-order valence-corrected chi connectivity index (χ3v) is 4.79. The molecule has 1 aromatic rings. The lowest BCUT2D eigenvalue weighted by Crippen LogP contribution is -2.50. The van der Waals surface area contributed by atoms with Crippen LogP contribution in [0.4, 0.5) is 0 Å². The molecule has 19 heavy (non-hydrogen) atoms. The van der Waals surface area contributed by atoms with E-state index in [2.05, 4.69) is 10.3 Å². The molecular weight excluding hydrogens is 278 g/mol. The Balaban J connectivity index is 1.91. The van der Waals surface area contributed by atoms with Gasteiger partial charge in [0.2, 0.25) is 5.91 Å². The number of thiocarbonyl (C=S) groups is 1. The van der Waals surface area contributed by atoms with E-state index in [0.29, 0.717) is 11.5 Å². The monoisotopic (exact) mass is 297 g/mol. The number of amides is 1. The van der Waals surface area contributed by atoms with Gasteiger partial charge in [0.15, 0.2) is 0 Å². The summed E-state index contributed by atoms with van der Waals surface area (Å²) in [6, 6.07) is 0. The number of hydrogen-bond donors (Lipinski definition) is 2. The number of nitrogens with one attached hydrogen (secondary N) is 1. The molecule has 0 bridgehead atoms. The average Bonchev–Trinajstić information content (AvgIpc) is 2.92. The maximum atomic E-state index is 12.4. The summed E-state index contributed by atoms with van der Waals surface area (Å²) in [6.45, 7) is 0.590. The number of nitrogens with two attached hydrogens (primary N) is 1. The molecular formula is C13H19N3OS2. The number of thiazole rings is 1. The van der Waals surface area contributed by atoms with Crippen LogP contribution in [-0.4, -0.2) is 22.4 Å². The number of aromatic nitrogens is 1. The molecule has 1 fully saturated rings. The van der Waals surface area contributed by atoms with Gasteiger partial charge in [-0.1, -0.05) is 31.5 Å². The third kappa shape index (κ3) is 3.30. The van der Waals surface area contributed by atoms with E-state index in [1.165, 1.54) is 0 Å². The molecule has 1 saturated carbocycles. The van der Waals surface area contributed by atoms with Gasteiger partial charge in [0, 0.05) is 18.3 Å². The number of hydrogen-bond acceptors (Lipinski definition) is 4. The predicted octanol–water partition coefficient (Wildman–Crippen LogP) is 2.04. The minimum atomic E-state index is -0.615. The third-order valence-electron chi connectivity index (χ3n) is 3.76. The standard InChI is InChI=1S/C13H19N3OS2/c14-11(18)13(5-2-1-3-6-13)12(17)15-7-4-10-8-19-9-16-10/h8-9H,1-7H2,(H2,14,18)(H,15,17). The van der Waals surface area contributed by atoms with Crippen molar-refractivity contribution in [1.29, 1.82) is 0 Å². The van der Waals surface area contributed by atoms with Crippen LogP contribution in [0.2, 0.25) is 0 Å². The van der Waals surface area contributed by atoms with Gasteiger partial charge in [-0.2, -0.15) is 0 Å². The van der Waals surface area contributed by atoms with Gasteiger partial charge in [0.1, 0.15) is 0 Å². The van der Waals surface area contributed by atoms with Gasteiger partial charge in [-0.3, -0.25) is 4.79 Å². The summed E-state index contributed by atoms with van der Waals surface area (Å²) in [6.07, 6.45) is 5.53. The van der Waals surface area contributed by atoms with E-state index in [1.807, 2.05) is 5.38 Å². The highest BCUT2D eigenvalue weighted by Crippen LogP contribution is 2.36. The van der Waals surface area contributed by atoms with Crippen LogP contribution in [0.25, 0.3) is 0 Å². The molecule has 104 valence electrons. The first kappa shape index (κ1) is 14.4. The van der Waals surface area contributed by atoms with Gasteiger partial charge in [-0.25, -0.2) is 4.98 Å². The number of nitrogens with zero attached hydrogens (tertiary/aromatic N) is 1. The summed E-state index contributed by atoms with van der Waals surface area (Å²) >= 11 is 6.71. The average molecular weight is 297 g/mol. The maximum absolute atomic E-state index is 12.4. The van der Waals surface area contributed by atoms with Gasteiger partial charge in [-0.05, 0) is 12.8 Å². The molecule has 0 aromatic carbocycles. The summed E-state index contributed by atoms with van der Waals surface area (Å²) in [5, 5.41) is 4.97. The molecule has 6 heteroatoms. The van der Waals surface area contributed by atoms with E-state index in [0.717, 1.165) is 44.2 Å². The molecule has 1 aliphatic carbocycles. The lowest BCUT2D eigenvalue weighted by molar-refractivity contribution is -0.128. The highest BCUT2D eigenvalue weighted by Gasteiger charge is 2.42. The second-order valence-corrected chi connectivity index (χ2v) is 6.15. The fourth-order valence-electron chi connectivity index (χ4n) is 2.57. The second kappa shape index (κ2) is 6.43. The van der Waals surface area contributed by atoms with Crippen molar-refractivity contribution in [2.24, 2.45) is 11.1 Å². The molecule has 0 unspecified atom stereocenters. The van der Waals surface area contributed by atoms with Crippen LogP contribution >= 0.6 is 23.6 Å². The molecule has 1 heterocycles. The minimum absolute atomic E-state index is 0.00469. The zero-order valence-corrected chi connectivity index (χ0v) is 12.5. The second-order valence-electron chi connectivity index (χ2n) is 4.99. The van der Waals surface area contributed by atoms with Crippen molar-refractivity contribution in [1.82, 2.24) is 10.3 Å². The van der Waals surface area contributed by atoms with Crippen molar-refractivity contribution in [2.75, 3.05) is 6.54 Å². The van der Waals surface area contributed by atoms with Crippen LogP contribution in [0.1, 0.15) is 37.8 Å². The summed E-state index contributed by atoms with van der Waals surface area (Å²) in [5.74, 6) is -0.00469. The fraction of sp³-hybridized carbons (Fsp3) is 0.615. The minimum Gasteiger partial charge on any atom is -0.392 e. The smallest absolute Gasteiger partial charge is 0.233 e. The van der Waals surface area contributed by atoms with Crippen molar-refractivity contribution >= 4 is 34.5 Å². The lowest BCUT2D eigenvalue weighted by atomic mass is 9.73. The SMILES string of the molecule is NC(=S)C1(C(=O)NCCc2cscn2)CCCCC1. The van der Waals surface area contributed by atoms with Gasteiger partial charge in [0.25, 0.3) is 0 Å². The Morgan fingerprint density at radius 1 is 1.47 bits per heavy atom. The first-order valence-electron chi connectivity index (χ1n) is 6.60. The Morgan fingerprint density at radius 2 is 2.21 bits per heavy atom. The van der Waals surface area contributed by atoms with E-state index in [1.54, 1.807) is 16.8 Å². The highest BCUT2D eigenvalue weighted by atomic mass is 32.1. The Labute approximate surface area is 122 Å². The Bertz CT molecular complexity index is 439. The first-order chi connectivity index (χ1) is 9.15. The van der Waals surface area contributed by atoms with Crippen LogP contribution in [0.15, 0.2) is 10.9 Å². The van der Waals surface area contributed by atoms with Gasteiger partial charge >= 0.3 is 0 Å². The van der Waals surface area contributed by atoms with Crippen LogP contribution < -0.4 is 11.1 Å². The molecule has 2 rings (SSSR count). The summed E-state index contributed by atoms with van der Waals surface area (Å²) < 4.78 is 0. The van der Waals surface area contributed by atoms with Crippen LogP contribution in [-0.2, 0) is 11.2 Å².